The molecule has 0 aliphatic carbocycles. The third-order valence-electron chi connectivity index (χ3n) is 2.93. The Bertz CT molecular complexity index is 683. The number of amidine groups is 1. The van der Waals surface area contributed by atoms with Gasteiger partial charge in [-0.05, 0) is 25.1 Å². The molecular weight excluding hydrogens is 304 g/mol. The quantitative estimate of drug-likeness (QED) is 0.512. The number of nitrogens with two attached hydrogens (primary N) is 1. The van der Waals surface area contributed by atoms with Crippen molar-refractivity contribution < 1.29 is 13.2 Å². The molecule has 1 aliphatic rings. The Balaban J connectivity index is 2.02. The van der Waals surface area contributed by atoms with E-state index in [0.29, 0.717) is 23.6 Å². The molecule has 0 atom stereocenters. The number of anilines is 1. The lowest BCUT2D eigenvalue weighted by atomic mass is 10.1. The number of nitrogens with zero attached hydrogens (tertiary/aromatic N) is 1. The smallest absolute Gasteiger partial charge is 0.344 e. The molecule has 0 amide bonds. The Hall–Kier alpha value is -2.06. The van der Waals surface area contributed by atoms with Crippen molar-refractivity contribution in [2.24, 2.45) is 10.1 Å². The molecule has 8 heteroatoms. The Morgan fingerprint density at radius 1 is 1.41 bits per heavy atom. The summed E-state index contributed by atoms with van der Waals surface area (Å²) < 4.78 is 34.4. The van der Waals surface area contributed by atoms with E-state index in [2.05, 4.69) is 21.4 Å². The van der Waals surface area contributed by atoms with Gasteiger partial charge in [-0.25, -0.2) is 0 Å². The van der Waals surface area contributed by atoms with Gasteiger partial charge in [0, 0.05) is 6.54 Å². The third kappa shape index (κ3) is 4.22. The van der Waals surface area contributed by atoms with E-state index in [4.69, 9.17) is 10.5 Å². The van der Waals surface area contributed by atoms with Gasteiger partial charge in [0.05, 0.1) is 11.3 Å². The Kier molecular flexibility index (Phi) is 5.40. The van der Waals surface area contributed by atoms with Crippen LogP contribution in [-0.4, -0.2) is 33.9 Å². The van der Waals surface area contributed by atoms with Gasteiger partial charge in [-0.1, -0.05) is 25.1 Å². The maximum atomic E-state index is 11.5. The van der Waals surface area contributed by atoms with Crippen LogP contribution < -0.4 is 20.5 Å². The first kappa shape index (κ1) is 16.3. The molecule has 22 heavy (non-hydrogen) atoms. The first-order chi connectivity index (χ1) is 10.5. The van der Waals surface area contributed by atoms with E-state index < -0.39 is 10.2 Å². The second kappa shape index (κ2) is 7.28. The van der Waals surface area contributed by atoms with Crippen molar-refractivity contribution in [2.75, 3.05) is 24.4 Å². The average molecular weight is 324 g/mol. The van der Waals surface area contributed by atoms with E-state index in [1.807, 2.05) is 12.2 Å². The minimum Gasteiger partial charge on any atom is -0.489 e. The average Bonchev–Trinajstić information content (AvgIpc) is 2.44. The Morgan fingerprint density at radius 3 is 3.00 bits per heavy atom. The summed E-state index contributed by atoms with van der Waals surface area (Å²) in [4.78, 5) is 0. The standard InChI is InChI=1S/C14H20N4O3S/c1-2-8-16-9-3-4-10-21-12-7-5-6-11-13(12)14(15)18-22(19,20)17-11/h3-7,16-17H,2,8-10H2,1H3,(H2,15,18). The molecule has 0 bridgehead atoms. The highest BCUT2D eigenvalue weighted by atomic mass is 32.2. The highest BCUT2D eigenvalue weighted by Gasteiger charge is 2.23. The van der Waals surface area contributed by atoms with Gasteiger partial charge in [-0.15, -0.1) is 4.40 Å². The summed E-state index contributed by atoms with van der Waals surface area (Å²) in [6.45, 7) is 4.24. The minimum atomic E-state index is -3.76. The molecule has 2 rings (SSSR count). The van der Waals surface area contributed by atoms with Crippen molar-refractivity contribution in [3.05, 3.63) is 35.9 Å². The molecule has 0 radical (unpaired) electrons. The first-order valence-electron chi connectivity index (χ1n) is 7.03. The number of hydrogen-bond donors (Lipinski definition) is 3. The number of rotatable bonds is 7. The molecule has 1 aliphatic heterocycles. The maximum absolute atomic E-state index is 11.5. The minimum absolute atomic E-state index is 0.0713. The second-order valence-electron chi connectivity index (χ2n) is 4.72. The normalized spacial score (nSPS) is 16.0. The zero-order chi connectivity index (χ0) is 16.0. The van der Waals surface area contributed by atoms with Crippen molar-refractivity contribution in [3.63, 3.8) is 0 Å². The molecule has 1 aromatic carbocycles. The van der Waals surface area contributed by atoms with E-state index in [-0.39, 0.29) is 5.84 Å². The van der Waals surface area contributed by atoms with Gasteiger partial charge in [0.25, 0.3) is 0 Å². The van der Waals surface area contributed by atoms with Gasteiger partial charge in [0.15, 0.2) is 5.84 Å². The zero-order valence-corrected chi connectivity index (χ0v) is 13.2. The number of fused-ring (bicyclic) bond motifs is 1. The van der Waals surface area contributed by atoms with E-state index in [0.717, 1.165) is 19.5 Å². The molecule has 0 saturated heterocycles. The molecule has 120 valence electrons. The fourth-order valence-electron chi connectivity index (χ4n) is 1.99. The van der Waals surface area contributed by atoms with E-state index in [1.165, 1.54) is 0 Å². The van der Waals surface area contributed by atoms with Crippen LogP contribution in [0.5, 0.6) is 5.75 Å². The van der Waals surface area contributed by atoms with E-state index in [9.17, 15) is 8.42 Å². The molecule has 0 spiro atoms. The summed E-state index contributed by atoms with van der Waals surface area (Å²) in [5, 5.41) is 3.24. The van der Waals surface area contributed by atoms with Crippen LogP contribution in [-0.2, 0) is 10.2 Å². The van der Waals surface area contributed by atoms with Crippen LogP contribution in [0.15, 0.2) is 34.7 Å². The van der Waals surface area contributed by atoms with Crippen LogP contribution in [0, 0.1) is 0 Å². The predicted octanol–water partition coefficient (Wildman–Crippen LogP) is 0.997. The third-order valence-corrected chi connectivity index (χ3v) is 3.85. The first-order valence-corrected chi connectivity index (χ1v) is 8.47. The maximum Gasteiger partial charge on any atom is 0.344 e. The molecule has 0 fully saturated rings. The number of ether oxygens (including phenoxy) is 1. The second-order valence-corrected chi connectivity index (χ2v) is 6.06. The van der Waals surface area contributed by atoms with Crippen LogP contribution in [0.3, 0.4) is 0 Å². The van der Waals surface area contributed by atoms with E-state index in [1.54, 1.807) is 18.2 Å². The number of benzene rings is 1. The summed E-state index contributed by atoms with van der Waals surface area (Å²) in [7, 11) is -3.76. The summed E-state index contributed by atoms with van der Waals surface area (Å²) in [6, 6.07) is 5.04. The molecule has 4 N–H and O–H groups in total. The fraction of sp³-hybridized carbons (Fsp3) is 0.357. The van der Waals surface area contributed by atoms with Crippen LogP contribution in [0.1, 0.15) is 18.9 Å². The Morgan fingerprint density at radius 2 is 2.23 bits per heavy atom. The van der Waals surface area contributed by atoms with E-state index >= 15 is 0 Å². The van der Waals surface area contributed by atoms with Crippen molar-refractivity contribution >= 4 is 21.7 Å². The van der Waals surface area contributed by atoms with Gasteiger partial charge in [0.1, 0.15) is 12.4 Å². The van der Waals surface area contributed by atoms with Crippen LogP contribution in [0.25, 0.3) is 0 Å². The van der Waals surface area contributed by atoms with Crippen molar-refractivity contribution in [3.8, 4) is 5.75 Å². The largest absolute Gasteiger partial charge is 0.489 e. The zero-order valence-electron chi connectivity index (χ0n) is 12.4. The SMILES string of the molecule is CCCNCC=CCOc1cccc2c1C(N)=NS(=O)(=O)N2. The van der Waals surface area contributed by atoms with Crippen molar-refractivity contribution in [2.45, 2.75) is 13.3 Å². The molecule has 0 saturated carbocycles. The van der Waals surface area contributed by atoms with Crippen LogP contribution in [0.2, 0.25) is 0 Å². The molecule has 1 aromatic rings. The van der Waals surface area contributed by atoms with Crippen LogP contribution >= 0.6 is 0 Å². The lowest BCUT2D eigenvalue weighted by molar-refractivity contribution is 0.362. The fourth-order valence-corrected chi connectivity index (χ4v) is 2.83. The summed E-state index contributed by atoms with van der Waals surface area (Å²) in [5.74, 6) is 0.422. The predicted molar refractivity (Wildman–Crippen MR) is 87.5 cm³/mol. The van der Waals surface area contributed by atoms with Crippen molar-refractivity contribution in [1.29, 1.82) is 0 Å². The van der Waals surface area contributed by atoms with Gasteiger partial charge < -0.3 is 15.8 Å². The molecule has 0 aromatic heterocycles. The van der Waals surface area contributed by atoms with Gasteiger partial charge in [0.2, 0.25) is 0 Å². The molecular formula is C14H20N4O3S. The highest BCUT2D eigenvalue weighted by molar-refractivity contribution is 7.91. The lowest BCUT2D eigenvalue weighted by Gasteiger charge is -2.18. The van der Waals surface area contributed by atoms with Crippen LogP contribution in [0.4, 0.5) is 5.69 Å². The highest BCUT2D eigenvalue weighted by Crippen LogP contribution is 2.30. The lowest BCUT2D eigenvalue weighted by Crippen LogP contribution is -2.27. The van der Waals surface area contributed by atoms with Gasteiger partial charge in [-0.3, -0.25) is 4.72 Å². The van der Waals surface area contributed by atoms with Gasteiger partial charge >= 0.3 is 10.2 Å². The Labute approximate surface area is 130 Å². The summed E-state index contributed by atoms with van der Waals surface area (Å²) in [6.07, 6.45) is 4.96. The molecule has 7 nitrogen and oxygen atoms in total. The van der Waals surface area contributed by atoms with Gasteiger partial charge in [-0.2, -0.15) is 8.42 Å². The summed E-state index contributed by atoms with van der Waals surface area (Å²) in [5.41, 5.74) is 6.57. The monoisotopic (exact) mass is 324 g/mol. The number of nitrogens with one attached hydrogen (secondary N) is 2. The topological polar surface area (TPSA) is 106 Å². The summed E-state index contributed by atoms with van der Waals surface area (Å²) >= 11 is 0. The van der Waals surface area contributed by atoms with Crippen molar-refractivity contribution in [1.82, 2.24) is 5.32 Å². The molecule has 1 heterocycles. The molecule has 0 unspecified atom stereocenters. The number of hydrogen-bond acceptors (Lipinski definition) is 5.